The Morgan fingerprint density at radius 2 is 1.75 bits per heavy atom. The van der Waals surface area contributed by atoms with Gasteiger partial charge in [0.25, 0.3) is 0 Å². The van der Waals surface area contributed by atoms with Crippen molar-refractivity contribution in [2.45, 2.75) is 104 Å². The molecule has 1 heterocycles. The number of aldehydes is 1. The van der Waals surface area contributed by atoms with Crippen LogP contribution in [0.2, 0.25) is 0 Å². The van der Waals surface area contributed by atoms with Crippen molar-refractivity contribution < 1.29 is 18.9 Å². The van der Waals surface area contributed by atoms with E-state index in [0.29, 0.717) is 12.5 Å². The van der Waals surface area contributed by atoms with E-state index >= 15 is 0 Å². The van der Waals surface area contributed by atoms with Gasteiger partial charge in [0.1, 0.15) is 12.9 Å². The molecule has 0 bridgehead atoms. The van der Waals surface area contributed by atoms with Crippen LogP contribution >= 0.6 is 0 Å². The van der Waals surface area contributed by atoms with Gasteiger partial charge in [0.05, 0.1) is 16.9 Å². The van der Waals surface area contributed by atoms with Crippen LogP contribution in [0.1, 0.15) is 112 Å². The van der Waals surface area contributed by atoms with Crippen molar-refractivity contribution >= 4 is 24.6 Å². The Labute approximate surface area is 216 Å². The van der Waals surface area contributed by atoms with Gasteiger partial charge in [0.2, 0.25) is 0 Å². The lowest BCUT2D eigenvalue weighted by Gasteiger charge is -2.32. The Balaban J connectivity index is 1.54. The average Bonchev–Trinajstić information content (AvgIpc) is 3.10. The van der Waals surface area contributed by atoms with Crippen LogP contribution in [0.15, 0.2) is 41.6 Å². The summed E-state index contributed by atoms with van der Waals surface area (Å²) in [5, 5.41) is 4.37. The minimum atomic E-state index is -0.388. The summed E-state index contributed by atoms with van der Waals surface area (Å²) in [5.74, 6) is 0.546. The molecule has 5 nitrogen and oxygen atoms in total. The van der Waals surface area contributed by atoms with Crippen LogP contribution < -0.4 is 5.46 Å². The van der Waals surface area contributed by atoms with Gasteiger partial charge in [-0.1, -0.05) is 61.7 Å². The Morgan fingerprint density at radius 3 is 2.39 bits per heavy atom. The van der Waals surface area contributed by atoms with Gasteiger partial charge in [-0.25, -0.2) is 0 Å². The maximum atomic E-state index is 11.2. The van der Waals surface area contributed by atoms with Crippen LogP contribution in [0, 0.1) is 0 Å². The van der Waals surface area contributed by atoms with Gasteiger partial charge < -0.3 is 14.1 Å². The molecule has 1 aliphatic heterocycles. The minimum absolute atomic E-state index is 0.363. The van der Waals surface area contributed by atoms with Crippen molar-refractivity contribution in [1.82, 2.24) is 0 Å². The molecular weight excluding hydrogens is 449 g/mol. The summed E-state index contributed by atoms with van der Waals surface area (Å²) in [4.78, 5) is 17.0. The number of oxime groups is 1. The molecule has 2 aliphatic rings. The maximum absolute atomic E-state index is 11.2. The zero-order valence-corrected chi connectivity index (χ0v) is 22.7. The minimum Gasteiger partial charge on any atom is -0.399 e. The number of rotatable bonds is 8. The lowest BCUT2D eigenvalue weighted by atomic mass is 9.70. The quantitative estimate of drug-likeness (QED) is 0.188. The van der Waals surface area contributed by atoms with Crippen molar-refractivity contribution in [3.8, 4) is 0 Å². The third kappa shape index (κ3) is 5.60. The van der Waals surface area contributed by atoms with E-state index in [-0.39, 0.29) is 18.3 Å². The summed E-state index contributed by atoms with van der Waals surface area (Å²) in [7, 11) is -0.388. The fourth-order valence-electron chi connectivity index (χ4n) is 5.18. The molecule has 0 spiro atoms. The van der Waals surface area contributed by atoms with Crippen molar-refractivity contribution in [1.29, 1.82) is 0 Å². The number of hydrogen-bond acceptors (Lipinski definition) is 5. The molecule has 1 aliphatic carbocycles. The molecule has 0 N–H and O–H groups in total. The van der Waals surface area contributed by atoms with E-state index in [9.17, 15) is 4.79 Å². The van der Waals surface area contributed by atoms with Crippen molar-refractivity contribution in [2.24, 2.45) is 5.16 Å². The average molecular weight is 489 g/mol. The van der Waals surface area contributed by atoms with E-state index in [1.54, 1.807) is 0 Å². The number of carbonyl (C=O) groups excluding carboxylic acids is 1. The number of benzene rings is 2. The van der Waals surface area contributed by atoms with Gasteiger partial charge >= 0.3 is 7.12 Å². The van der Waals surface area contributed by atoms with E-state index in [0.717, 1.165) is 46.1 Å². The van der Waals surface area contributed by atoms with Crippen LogP contribution in [0.3, 0.4) is 0 Å². The SMILES string of the molecule is CCc1cc(/C(C)=N/OCc2ccc(C3CCCCC3)c(B3OC(C)(C)C(C)(C)O3)c2)ccc1C=O. The lowest BCUT2D eigenvalue weighted by Crippen LogP contribution is -2.41. The van der Waals surface area contributed by atoms with Crippen molar-refractivity contribution in [3.05, 3.63) is 64.2 Å². The first-order valence-electron chi connectivity index (χ1n) is 13.4. The number of aryl methyl sites for hydroxylation is 1. The highest BCUT2D eigenvalue weighted by molar-refractivity contribution is 6.62. The highest BCUT2D eigenvalue weighted by atomic mass is 16.7. The van der Waals surface area contributed by atoms with Crippen LogP contribution in [0.25, 0.3) is 0 Å². The van der Waals surface area contributed by atoms with E-state index in [4.69, 9.17) is 14.1 Å². The first-order chi connectivity index (χ1) is 17.1. The normalized spacial score (nSPS) is 19.9. The summed E-state index contributed by atoms with van der Waals surface area (Å²) < 4.78 is 12.9. The fraction of sp³-hybridized carbons (Fsp3) is 0.533. The van der Waals surface area contributed by atoms with Crippen LogP contribution in [-0.2, 0) is 27.2 Å². The summed E-state index contributed by atoms with van der Waals surface area (Å²) in [5.41, 5.74) is 6.23. The molecule has 2 aromatic carbocycles. The zero-order chi connectivity index (χ0) is 25.9. The van der Waals surface area contributed by atoms with Crippen molar-refractivity contribution in [2.75, 3.05) is 0 Å². The molecule has 2 aromatic rings. The standard InChI is InChI=1S/C30H40BNO4/c1-7-23-18-25(14-15-26(23)19-33)21(2)32-34-20-22-13-16-27(24-11-9-8-10-12-24)28(17-22)31-35-29(3,4)30(5,6)36-31/h13-19,24H,7-12,20H2,1-6H3/b32-21+. The first-order valence-corrected chi connectivity index (χ1v) is 13.4. The number of nitrogens with zero attached hydrogens (tertiary/aromatic N) is 1. The predicted molar refractivity (Wildman–Crippen MR) is 146 cm³/mol. The van der Waals surface area contributed by atoms with E-state index < -0.39 is 0 Å². The number of hydrogen-bond donors (Lipinski definition) is 0. The highest BCUT2D eigenvalue weighted by Gasteiger charge is 2.52. The fourth-order valence-corrected chi connectivity index (χ4v) is 5.18. The van der Waals surface area contributed by atoms with Gasteiger partial charge in [-0.3, -0.25) is 4.79 Å². The Hall–Kier alpha value is -2.44. The number of carbonyl (C=O) groups is 1. The second-order valence-corrected chi connectivity index (χ2v) is 11.2. The Morgan fingerprint density at radius 1 is 1.06 bits per heavy atom. The molecule has 0 amide bonds. The van der Waals surface area contributed by atoms with E-state index in [1.807, 2.05) is 32.0 Å². The topological polar surface area (TPSA) is 57.1 Å². The highest BCUT2D eigenvalue weighted by Crippen LogP contribution is 2.38. The van der Waals surface area contributed by atoms with E-state index in [1.165, 1.54) is 37.7 Å². The Bertz CT molecular complexity index is 1100. The van der Waals surface area contributed by atoms with Crippen LogP contribution in [0.5, 0.6) is 0 Å². The molecule has 6 heteroatoms. The molecular formula is C30H40BNO4. The second-order valence-electron chi connectivity index (χ2n) is 11.2. The summed E-state index contributed by atoms with van der Waals surface area (Å²) in [6.07, 6.45) is 8.01. The molecule has 0 atom stereocenters. The lowest BCUT2D eigenvalue weighted by molar-refractivity contribution is 0.00578. The van der Waals surface area contributed by atoms with Gasteiger partial charge in [0, 0.05) is 5.56 Å². The summed E-state index contributed by atoms with van der Waals surface area (Å²) >= 11 is 0. The molecule has 1 saturated carbocycles. The molecule has 192 valence electrons. The van der Waals surface area contributed by atoms with Crippen LogP contribution in [0.4, 0.5) is 0 Å². The van der Waals surface area contributed by atoms with Gasteiger partial charge in [-0.15, -0.1) is 0 Å². The first kappa shape index (κ1) is 26.6. The summed E-state index contributed by atoms with van der Waals surface area (Å²) in [6.45, 7) is 12.7. The predicted octanol–water partition coefficient (Wildman–Crippen LogP) is 6.35. The van der Waals surface area contributed by atoms with Gasteiger partial charge in [-0.2, -0.15) is 0 Å². The molecule has 2 fully saturated rings. The van der Waals surface area contributed by atoms with Gasteiger partial charge in [-0.05, 0) is 93.6 Å². The zero-order valence-electron chi connectivity index (χ0n) is 22.7. The molecule has 0 unspecified atom stereocenters. The largest absolute Gasteiger partial charge is 0.495 e. The third-order valence-corrected chi connectivity index (χ3v) is 8.20. The van der Waals surface area contributed by atoms with Crippen LogP contribution in [-0.4, -0.2) is 30.3 Å². The van der Waals surface area contributed by atoms with Crippen molar-refractivity contribution in [3.63, 3.8) is 0 Å². The second kappa shape index (κ2) is 10.9. The molecule has 1 saturated heterocycles. The van der Waals surface area contributed by atoms with E-state index in [2.05, 4.69) is 51.0 Å². The molecule has 0 aromatic heterocycles. The smallest absolute Gasteiger partial charge is 0.399 e. The monoisotopic (exact) mass is 489 g/mol. The summed E-state index contributed by atoms with van der Waals surface area (Å²) in [6, 6.07) is 12.4. The van der Waals surface area contributed by atoms with Gasteiger partial charge in [0.15, 0.2) is 0 Å². The maximum Gasteiger partial charge on any atom is 0.495 e. The molecule has 4 rings (SSSR count). The molecule has 0 radical (unpaired) electrons. The Kier molecular flexibility index (Phi) is 8.06. The third-order valence-electron chi connectivity index (χ3n) is 8.20. The molecule has 36 heavy (non-hydrogen) atoms.